The average Bonchev–Trinajstić information content (AvgIpc) is 3.16. The topological polar surface area (TPSA) is 96.1 Å². The highest BCUT2D eigenvalue weighted by atomic mass is 32.2. The van der Waals surface area contributed by atoms with Gasteiger partial charge in [-0.1, -0.05) is 12.1 Å². The van der Waals surface area contributed by atoms with E-state index in [2.05, 4.69) is 24.6 Å². The summed E-state index contributed by atoms with van der Waals surface area (Å²) in [4.78, 5) is 4.34. The third-order valence-corrected chi connectivity index (χ3v) is 6.15. The molecule has 1 fully saturated rings. The third-order valence-electron chi connectivity index (χ3n) is 4.83. The summed E-state index contributed by atoms with van der Waals surface area (Å²) >= 11 is 0. The maximum Gasteiger partial charge on any atom is 0.285 e. The van der Waals surface area contributed by atoms with Crippen LogP contribution in [0.1, 0.15) is 5.56 Å². The summed E-state index contributed by atoms with van der Waals surface area (Å²) < 4.78 is 30.1. The highest BCUT2D eigenvalue weighted by Crippen LogP contribution is 2.30. The fraction of sp³-hybridized carbons (Fsp3) is 0.250. The van der Waals surface area contributed by atoms with Gasteiger partial charge in [-0.3, -0.25) is 0 Å². The van der Waals surface area contributed by atoms with Crippen LogP contribution in [-0.2, 0) is 10.0 Å². The molecule has 132 valence electrons. The lowest BCUT2D eigenvalue weighted by Gasteiger charge is -2.45. The minimum Gasteiger partial charge on any atom is -0.352 e. The number of amidine groups is 1. The van der Waals surface area contributed by atoms with E-state index < -0.39 is 10.0 Å². The maximum absolute atomic E-state index is 12.2. The molecule has 0 amide bonds. The van der Waals surface area contributed by atoms with Gasteiger partial charge in [-0.25, -0.2) is 0 Å². The van der Waals surface area contributed by atoms with Gasteiger partial charge in [0.1, 0.15) is 17.0 Å². The van der Waals surface area contributed by atoms with E-state index in [1.54, 1.807) is 29.0 Å². The summed E-state index contributed by atoms with van der Waals surface area (Å²) in [5, 5.41) is 12.3. The van der Waals surface area contributed by atoms with Crippen molar-refractivity contribution in [3.05, 3.63) is 48.3 Å². The van der Waals surface area contributed by atoms with Crippen molar-refractivity contribution < 1.29 is 8.42 Å². The van der Waals surface area contributed by atoms with Gasteiger partial charge < -0.3 is 9.80 Å². The van der Waals surface area contributed by atoms with Crippen LogP contribution in [0.25, 0.3) is 5.65 Å². The normalized spacial score (nSPS) is 18.5. The summed E-state index contributed by atoms with van der Waals surface area (Å²) in [6, 6.07) is 10.9. The number of nitrogens with zero attached hydrogens (tertiary/aromatic N) is 7. The molecular weight excluding hydrogens is 354 g/mol. The number of hydrogen-bond donors (Lipinski definition) is 0. The number of sulfonamides is 1. The molecule has 0 aliphatic carbocycles. The second-order valence-corrected chi connectivity index (χ2v) is 7.95. The Morgan fingerprint density at radius 2 is 1.96 bits per heavy atom. The summed E-state index contributed by atoms with van der Waals surface area (Å²) in [7, 11) is -1.71. The van der Waals surface area contributed by atoms with Crippen molar-refractivity contribution in [3.63, 3.8) is 0 Å². The quantitative estimate of drug-likeness (QED) is 0.645. The number of likely N-dealkylation sites (N-methyl/N-ethyl adjacent to an activating group) is 1. The summed E-state index contributed by atoms with van der Waals surface area (Å²) in [6.45, 7) is 1.47. The molecule has 26 heavy (non-hydrogen) atoms. The van der Waals surface area contributed by atoms with Crippen molar-refractivity contribution >= 4 is 27.3 Å². The SMILES string of the molecule is CN(C1=NS(=O)(=O)c2ccccc21)C1CN(c2ccc3nncn3n2)C1. The van der Waals surface area contributed by atoms with Crippen LogP contribution in [0.2, 0.25) is 0 Å². The highest BCUT2D eigenvalue weighted by Gasteiger charge is 2.37. The largest absolute Gasteiger partial charge is 0.352 e. The lowest BCUT2D eigenvalue weighted by Crippen LogP contribution is -2.60. The van der Waals surface area contributed by atoms with Crippen LogP contribution >= 0.6 is 0 Å². The van der Waals surface area contributed by atoms with Crippen molar-refractivity contribution in [1.29, 1.82) is 0 Å². The molecule has 0 spiro atoms. The molecule has 0 bridgehead atoms. The summed E-state index contributed by atoms with van der Waals surface area (Å²) in [5.74, 6) is 1.34. The van der Waals surface area contributed by atoms with Crippen molar-refractivity contribution in [2.45, 2.75) is 10.9 Å². The zero-order chi connectivity index (χ0) is 17.9. The molecular formula is C16H15N7O2S. The highest BCUT2D eigenvalue weighted by molar-refractivity contribution is 7.90. The van der Waals surface area contributed by atoms with Crippen molar-refractivity contribution in [3.8, 4) is 0 Å². The van der Waals surface area contributed by atoms with E-state index in [9.17, 15) is 8.42 Å². The van der Waals surface area contributed by atoms with Crippen LogP contribution in [0.4, 0.5) is 5.82 Å². The van der Waals surface area contributed by atoms with Crippen LogP contribution in [0, 0.1) is 0 Å². The number of fused-ring (bicyclic) bond motifs is 2. The van der Waals surface area contributed by atoms with Gasteiger partial charge in [-0.05, 0) is 24.3 Å². The molecule has 0 radical (unpaired) electrons. The first-order chi connectivity index (χ1) is 12.5. The Kier molecular flexibility index (Phi) is 3.08. The Hall–Kier alpha value is -3.01. The van der Waals surface area contributed by atoms with E-state index in [4.69, 9.17) is 0 Å². The lowest BCUT2D eigenvalue weighted by atomic mass is 10.1. The summed E-state index contributed by atoms with van der Waals surface area (Å²) in [5.41, 5.74) is 1.36. The average molecular weight is 369 g/mol. The number of aromatic nitrogens is 4. The number of hydrogen-bond acceptors (Lipinski definition) is 7. The van der Waals surface area contributed by atoms with Crippen LogP contribution in [0.3, 0.4) is 0 Å². The van der Waals surface area contributed by atoms with E-state index in [1.807, 2.05) is 30.1 Å². The summed E-state index contributed by atoms with van der Waals surface area (Å²) in [6.07, 6.45) is 1.57. The van der Waals surface area contributed by atoms with E-state index >= 15 is 0 Å². The van der Waals surface area contributed by atoms with Crippen molar-refractivity contribution in [1.82, 2.24) is 24.7 Å². The molecule has 9 nitrogen and oxygen atoms in total. The van der Waals surface area contributed by atoms with Gasteiger partial charge in [0.2, 0.25) is 0 Å². The molecule has 4 heterocycles. The minimum atomic E-state index is -3.60. The molecule has 2 aliphatic rings. The Balaban J connectivity index is 1.36. The molecule has 5 rings (SSSR count). The number of benzene rings is 1. The zero-order valence-corrected chi connectivity index (χ0v) is 14.7. The Morgan fingerprint density at radius 3 is 2.81 bits per heavy atom. The van der Waals surface area contributed by atoms with Crippen LogP contribution < -0.4 is 4.90 Å². The fourth-order valence-electron chi connectivity index (χ4n) is 3.29. The third kappa shape index (κ3) is 2.18. The molecule has 10 heteroatoms. The van der Waals surface area contributed by atoms with Gasteiger partial charge in [-0.2, -0.15) is 12.9 Å². The van der Waals surface area contributed by atoms with Gasteiger partial charge in [0.25, 0.3) is 10.0 Å². The van der Waals surface area contributed by atoms with E-state index in [0.717, 1.165) is 18.9 Å². The molecule has 0 N–H and O–H groups in total. The van der Waals surface area contributed by atoms with Crippen LogP contribution in [0.15, 0.2) is 52.0 Å². The fourth-order valence-corrected chi connectivity index (χ4v) is 4.53. The number of anilines is 1. The van der Waals surface area contributed by atoms with E-state index in [1.165, 1.54) is 0 Å². The smallest absolute Gasteiger partial charge is 0.285 e. The monoisotopic (exact) mass is 369 g/mol. The van der Waals surface area contributed by atoms with E-state index in [-0.39, 0.29) is 10.9 Å². The molecule has 2 aliphatic heterocycles. The van der Waals surface area contributed by atoms with Gasteiger partial charge in [-0.15, -0.1) is 19.7 Å². The number of rotatable bonds is 2. The van der Waals surface area contributed by atoms with Crippen LogP contribution in [0.5, 0.6) is 0 Å². The minimum absolute atomic E-state index is 0.161. The molecule has 0 atom stereocenters. The first-order valence-electron chi connectivity index (χ1n) is 8.12. The predicted octanol–water partition coefficient (Wildman–Crippen LogP) is 0.394. The molecule has 1 saturated heterocycles. The molecule has 0 saturated carbocycles. The molecule has 2 aromatic heterocycles. The zero-order valence-electron chi connectivity index (χ0n) is 13.9. The van der Waals surface area contributed by atoms with Crippen LogP contribution in [-0.4, -0.2) is 65.1 Å². The predicted molar refractivity (Wildman–Crippen MR) is 94.7 cm³/mol. The first kappa shape index (κ1) is 15.3. The van der Waals surface area contributed by atoms with Gasteiger partial charge in [0, 0.05) is 25.7 Å². The Bertz CT molecular complexity index is 1150. The molecule has 1 aromatic carbocycles. The molecule has 3 aromatic rings. The second kappa shape index (κ2) is 5.24. The van der Waals surface area contributed by atoms with E-state index in [0.29, 0.717) is 17.0 Å². The second-order valence-electron chi connectivity index (χ2n) is 6.38. The van der Waals surface area contributed by atoms with Gasteiger partial charge >= 0.3 is 0 Å². The van der Waals surface area contributed by atoms with Gasteiger partial charge in [0.15, 0.2) is 11.5 Å². The van der Waals surface area contributed by atoms with Gasteiger partial charge in [0.05, 0.1) is 6.04 Å². The first-order valence-corrected chi connectivity index (χ1v) is 9.56. The maximum atomic E-state index is 12.2. The van der Waals surface area contributed by atoms with Crippen molar-refractivity contribution in [2.75, 3.05) is 25.0 Å². The molecule has 0 unspecified atom stereocenters. The lowest BCUT2D eigenvalue weighted by molar-refractivity contribution is 0.303. The van der Waals surface area contributed by atoms with Crippen molar-refractivity contribution in [2.24, 2.45) is 4.40 Å². The Labute approximate surface area is 149 Å². The standard InChI is InChI=1S/C16H15N7O2S/c1-21(16-12-4-2-3-5-13(12)26(24,25)20-16)11-8-22(9-11)15-7-6-14-18-17-10-23(14)19-15/h2-7,10-11H,8-9H2,1H3. The Morgan fingerprint density at radius 1 is 1.15 bits per heavy atom.